The Morgan fingerprint density at radius 1 is 0.529 bits per heavy atom. The van der Waals surface area contributed by atoms with Gasteiger partial charge in [0.15, 0.2) is 0 Å². The molecule has 0 spiro atoms. The van der Waals surface area contributed by atoms with Crippen LogP contribution in [0.25, 0.3) is 0 Å². The predicted octanol–water partition coefficient (Wildman–Crippen LogP) is 6.44. The summed E-state index contributed by atoms with van der Waals surface area (Å²) in [5, 5.41) is 0. The summed E-state index contributed by atoms with van der Waals surface area (Å²) in [6, 6.07) is 27.2. The second kappa shape index (κ2) is 8.51. The third-order valence-electron chi connectivity index (χ3n) is 7.45. The maximum atomic E-state index is 2.35. The molecule has 1 aliphatic rings. The minimum Gasteiger partial charge on any atom is -0.344 e. The lowest BCUT2D eigenvalue weighted by atomic mass is 9.29. The molecular weight excluding hydrogens is 409 g/mol. The van der Waals surface area contributed by atoms with Gasteiger partial charge >= 0.3 is 0 Å². The van der Waals surface area contributed by atoms with Crippen molar-refractivity contribution < 1.29 is 0 Å². The maximum Gasteiger partial charge on any atom is 0.226 e. The molecule has 0 aliphatic carbocycles. The zero-order valence-corrected chi connectivity index (χ0v) is 21.5. The van der Waals surface area contributed by atoms with Gasteiger partial charge in [0, 0.05) is 24.2 Å². The SMILES string of the molecule is Cc1cc(C)c(B([C]2c3ccccc3N(C)c3ccccc32)c2c(C)cc(C)cc2C)c(C)c1. The Hall–Kier alpha value is -3.26. The molecule has 169 valence electrons. The third kappa shape index (κ3) is 3.57. The molecule has 0 bridgehead atoms. The van der Waals surface area contributed by atoms with Crippen LogP contribution in [0.15, 0.2) is 72.8 Å². The van der Waals surface area contributed by atoms with E-state index in [1.807, 2.05) is 0 Å². The number of hydrogen-bond donors (Lipinski definition) is 0. The van der Waals surface area contributed by atoms with Gasteiger partial charge in [-0.3, -0.25) is 0 Å². The van der Waals surface area contributed by atoms with Crippen molar-refractivity contribution in [3.8, 4) is 0 Å². The van der Waals surface area contributed by atoms with Crippen LogP contribution >= 0.6 is 0 Å². The number of rotatable bonds is 3. The molecule has 1 nitrogen and oxygen atoms in total. The van der Waals surface area contributed by atoms with Gasteiger partial charge < -0.3 is 4.90 Å². The molecule has 1 heterocycles. The van der Waals surface area contributed by atoms with E-state index in [0.717, 1.165) is 0 Å². The molecule has 4 aromatic carbocycles. The second-order valence-corrected chi connectivity index (χ2v) is 10.1. The maximum absolute atomic E-state index is 2.35. The minimum absolute atomic E-state index is 0.150. The lowest BCUT2D eigenvalue weighted by Crippen LogP contribution is -2.53. The van der Waals surface area contributed by atoms with E-state index in [1.165, 1.54) is 72.6 Å². The molecule has 0 saturated carbocycles. The highest BCUT2D eigenvalue weighted by Gasteiger charge is 2.41. The Morgan fingerprint density at radius 3 is 1.26 bits per heavy atom. The average Bonchev–Trinajstić information content (AvgIpc) is 2.78. The van der Waals surface area contributed by atoms with Gasteiger partial charge in [-0.25, -0.2) is 0 Å². The molecule has 2 heteroatoms. The van der Waals surface area contributed by atoms with Crippen molar-refractivity contribution in [1.82, 2.24) is 0 Å². The van der Waals surface area contributed by atoms with Crippen molar-refractivity contribution >= 4 is 29.0 Å². The normalized spacial score (nSPS) is 13.0. The van der Waals surface area contributed by atoms with E-state index in [0.29, 0.717) is 0 Å². The Bertz CT molecular complexity index is 1250. The monoisotopic (exact) mass is 442 g/mol. The highest BCUT2D eigenvalue weighted by Crippen LogP contribution is 2.45. The van der Waals surface area contributed by atoms with Gasteiger partial charge in [-0.2, -0.15) is 0 Å². The van der Waals surface area contributed by atoms with Crippen molar-refractivity contribution in [2.45, 2.75) is 41.5 Å². The largest absolute Gasteiger partial charge is 0.344 e. The number of anilines is 2. The van der Waals surface area contributed by atoms with E-state index in [1.54, 1.807) is 0 Å². The van der Waals surface area contributed by atoms with E-state index in [4.69, 9.17) is 0 Å². The number of nitrogens with zero attached hydrogens (tertiary/aromatic N) is 1. The molecule has 0 aromatic heterocycles. The van der Waals surface area contributed by atoms with Gasteiger partial charge in [0.2, 0.25) is 6.71 Å². The Morgan fingerprint density at radius 2 is 0.882 bits per heavy atom. The fourth-order valence-electron chi connectivity index (χ4n) is 6.30. The molecule has 0 unspecified atom stereocenters. The van der Waals surface area contributed by atoms with Crippen LogP contribution in [0.3, 0.4) is 0 Å². The lowest BCUT2D eigenvalue weighted by Gasteiger charge is -2.39. The van der Waals surface area contributed by atoms with Crippen LogP contribution in [0.4, 0.5) is 11.4 Å². The van der Waals surface area contributed by atoms with Crippen molar-refractivity contribution in [3.63, 3.8) is 0 Å². The number of fused-ring (bicyclic) bond motifs is 2. The fraction of sp³-hybridized carbons (Fsp3) is 0.219. The summed E-state index contributed by atoms with van der Waals surface area (Å²) in [4.78, 5) is 2.34. The number of aryl methyl sites for hydroxylation is 6. The quantitative estimate of drug-likeness (QED) is 0.330. The standard InChI is InChI=1S/C32H33BN/c1-20-16-22(3)30(23(4)17-20)33(31-24(5)18-21(2)19-25(31)6)32-26-12-8-10-14-28(26)34(7)29-15-11-9-13-27(29)32/h8-19H,1-7H3. The predicted molar refractivity (Wildman–Crippen MR) is 149 cm³/mol. The van der Waals surface area contributed by atoms with Crippen LogP contribution in [0.1, 0.15) is 44.5 Å². The van der Waals surface area contributed by atoms with Crippen molar-refractivity contribution in [1.29, 1.82) is 0 Å². The first-order chi connectivity index (χ1) is 16.3. The summed E-state index contributed by atoms with van der Waals surface area (Å²) in [5.41, 5.74) is 16.2. The highest BCUT2D eigenvalue weighted by molar-refractivity contribution is 6.92. The summed E-state index contributed by atoms with van der Waals surface area (Å²) >= 11 is 0. The van der Waals surface area contributed by atoms with Crippen LogP contribution in [-0.2, 0) is 0 Å². The molecule has 0 atom stereocenters. The van der Waals surface area contributed by atoms with Gasteiger partial charge in [-0.15, -0.1) is 0 Å². The van der Waals surface area contributed by atoms with E-state index in [-0.39, 0.29) is 6.71 Å². The topological polar surface area (TPSA) is 3.24 Å². The summed E-state index contributed by atoms with van der Waals surface area (Å²) in [5.74, 6) is 1.41. The van der Waals surface area contributed by atoms with E-state index >= 15 is 0 Å². The average molecular weight is 442 g/mol. The van der Waals surface area contributed by atoms with E-state index in [2.05, 4.69) is 126 Å². The molecule has 1 aliphatic heterocycles. The molecule has 0 saturated heterocycles. The van der Waals surface area contributed by atoms with Gasteiger partial charge in [0.25, 0.3) is 0 Å². The van der Waals surface area contributed by atoms with Crippen LogP contribution in [0.5, 0.6) is 0 Å². The highest BCUT2D eigenvalue weighted by atomic mass is 15.1. The van der Waals surface area contributed by atoms with Crippen LogP contribution in [0.2, 0.25) is 0 Å². The Labute approximate surface area is 205 Å². The smallest absolute Gasteiger partial charge is 0.226 e. The molecule has 0 amide bonds. The zero-order valence-electron chi connectivity index (χ0n) is 21.5. The van der Waals surface area contributed by atoms with Crippen molar-refractivity contribution in [3.05, 3.63) is 123 Å². The molecule has 0 fully saturated rings. The van der Waals surface area contributed by atoms with Gasteiger partial charge in [0.05, 0.1) is 0 Å². The van der Waals surface area contributed by atoms with E-state index < -0.39 is 0 Å². The molecule has 4 aromatic rings. The number of benzene rings is 4. The summed E-state index contributed by atoms with van der Waals surface area (Å²) < 4.78 is 0. The molecule has 34 heavy (non-hydrogen) atoms. The first-order valence-electron chi connectivity index (χ1n) is 12.2. The molecular formula is C32H33BN. The fourth-order valence-corrected chi connectivity index (χ4v) is 6.30. The van der Waals surface area contributed by atoms with Gasteiger partial charge in [0.1, 0.15) is 0 Å². The second-order valence-electron chi connectivity index (χ2n) is 10.1. The zero-order chi connectivity index (χ0) is 24.1. The summed E-state index contributed by atoms with van der Waals surface area (Å²) in [7, 11) is 2.19. The van der Waals surface area contributed by atoms with Gasteiger partial charge in [-0.05, 0) is 64.8 Å². The summed E-state index contributed by atoms with van der Waals surface area (Å²) in [6.07, 6.45) is 0. The van der Waals surface area contributed by atoms with Crippen LogP contribution in [-0.4, -0.2) is 13.8 Å². The molecule has 5 rings (SSSR count). The third-order valence-corrected chi connectivity index (χ3v) is 7.45. The Balaban J connectivity index is 1.90. The lowest BCUT2D eigenvalue weighted by molar-refractivity contribution is 1.12. The van der Waals surface area contributed by atoms with Crippen molar-refractivity contribution in [2.24, 2.45) is 0 Å². The van der Waals surface area contributed by atoms with Gasteiger partial charge in [-0.1, -0.05) is 105 Å². The Kier molecular flexibility index (Phi) is 5.64. The molecule has 0 N–H and O–H groups in total. The van der Waals surface area contributed by atoms with Crippen LogP contribution < -0.4 is 15.8 Å². The number of hydrogen-bond acceptors (Lipinski definition) is 1. The van der Waals surface area contributed by atoms with Crippen molar-refractivity contribution in [2.75, 3.05) is 11.9 Å². The molecule has 1 radical (unpaired) electrons. The van der Waals surface area contributed by atoms with E-state index in [9.17, 15) is 0 Å². The number of para-hydroxylation sites is 2. The first-order valence-corrected chi connectivity index (χ1v) is 12.2. The van der Waals surface area contributed by atoms with Crippen LogP contribution in [0, 0.1) is 47.4 Å². The first kappa shape index (κ1) is 22.5. The minimum atomic E-state index is 0.150. The summed E-state index contributed by atoms with van der Waals surface area (Å²) in [6.45, 7) is 13.7.